The van der Waals surface area contributed by atoms with Crippen LogP contribution in [0, 0.1) is 0 Å². The van der Waals surface area contributed by atoms with E-state index in [9.17, 15) is 0 Å². The van der Waals surface area contributed by atoms with Crippen molar-refractivity contribution in [2.24, 2.45) is 0 Å². The lowest BCUT2D eigenvalue weighted by molar-refractivity contribution is 0.249. The zero-order valence-corrected chi connectivity index (χ0v) is 13.5. The van der Waals surface area contributed by atoms with Gasteiger partial charge in [0.05, 0.1) is 18.1 Å². The van der Waals surface area contributed by atoms with Crippen molar-refractivity contribution in [2.75, 3.05) is 31.1 Å². The molecule has 1 saturated heterocycles. The molecule has 0 spiro atoms. The predicted octanol–water partition coefficient (Wildman–Crippen LogP) is 1.98. The van der Waals surface area contributed by atoms with E-state index in [1.165, 1.54) is 5.56 Å². The highest BCUT2D eigenvalue weighted by atomic mass is 15.3. The van der Waals surface area contributed by atoms with Crippen LogP contribution in [0.25, 0.3) is 5.69 Å². The molecule has 6 heteroatoms. The third-order valence-corrected chi connectivity index (χ3v) is 4.31. The Morgan fingerprint density at radius 2 is 1.75 bits per heavy atom. The molecule has 6 nitrogen and oxygen atoms in total. The second kappa shape index (κ2) is 6.80. The molecule has 1 aliphatic heterocycles. The molecule has 0 N–H and O–H groups in total. The molecule has 4 rings (SSSR count). The standard InChI is InChI=1S/C18H20N6/c1-2-4-17(5-3-1)24-15-16(12-21-24)14-22-8-10-23(11-9-22)18-13-19-6-7-20-18/h1-7,12-13,15H,8-11,14H2. The lowest BCUT2D eigenvalue weighted by Gasteiger charge is -2.34. The van der Waals surface area contributed by atoms with Gasteiger partial charge in [0, 0.05) is 56.9 Å². The Balaban J connectivity index is 1.35. The molecule has 3 aromatic rings. The SMILES string of the molecule is c1ccc(-n2cc(CN3CCN(c4cnccn4)CC3)cn2)cc1. The summed E-state index contributed by atoms with van der Waals surface area (Å²) in [5, 5.41) is 4.48. The van der Waals surface area contributed by atoms with Gasteiger partial charge in [0.15, 0.2) is 0 Å². The zero-order valence-electron chi connectivity index (χ0n) is 13.5. The van der Waals surface area contributed by atoms with E-state index in [0.717, 1.165) is 44.2 Å². The Morgan fingerprint density at radius 3 is 2.50 bits per heavy atom. The summed E-state index contributed by atoms with van der Waals surface area (Å²) in [4.78, 5) is 13.3. The Labute approximate surface area is 141 Å². The lowest BCUT2D eigenvalue weighted by Crippen LogP contribution is -2.46. The van der Waals surface area contributed by atoms with Crippen molar-refractivity contribution >= 4 is 5.82 Å². The Hall–Kier alpha value is -2.73. The van der Waals surface area contributed by atoms with E-state index in [1.807, 2.05) is 35.3 Å². The highest BCUT2D eigenvalue weighted by Gasteiger charge is 2.18. The summed E-state index contributed by atoms with van der Waals surface area (Å²) in [6, 6.07) is 10.2. The molecule has 24 heavy (non-hydrogen) atoms. The second-order valence-electron chi connectivity index (χ2n) is 5.96. The largest absolute Gasteiger partial charge is 0.353 e. The average Bonchev–Trinajstić information content (AvgIpc) is 3.12. The van der Waals surface area contributed by atoms with Gasteiger partial charge in [-0.1, -0.05) is 18.2 Å². The minimum atomic E-state index is 0.932. The van der Waals surface area contributed by atoms with E-state index in [-0.39, 0.29) is 0 Å². The first-order valence-electron chi connectivity index (χ1n) is 8.21. The van der Waals surface area contributed by atoms with Gasteiger partial charge in [-0.05, 0) is 12.1 Å². The van der Waals surface area contributed by atoms with Crippen molar-refractivity contribution in [3.8, 4) is 5.69 Å². The molecule has 0 bridgehead atoms. The van der Waals surface area contributed by atoms with Gasteiger partial charge in [-0.15, -0.1) is 0 Å². The summed E-state index contributed by atoms with van der Waals surface area (Å²) in [6.45, 7) is 4.93. The van der Waals surface area contributed by atoms with Crippen molar-refractivity contribution in [3.63, 3.8) is 0 Å². The van der Waals surface area contributed by atoms with Crippen LogP contribution in [0.2, 0.25) is 0 Å². The minimum Gasteiger partial charge on any atom is -0.353 e. The maximum Gasteiger partial charge on any atom is 0.147 e. The number of para-hydroxylation sites is 1. The van der Waals surface area contributed by atoms with Crippen LogP contribution in [-0.4, -0.2) is 50.8 Å². The Bertz CT molecular complexity index is 762. The fourth-order valence-electron chi connectivity index (χ4n) is 3.01. The van der Waals surface area contributed by atoms with Crippen molar-refractivity contribution in [2.45, 2.75) is 6.54 Å². The number of hydrogen-bond acceptors (Lipinski definition) is 5. The molecule has 0 saturated carbocycles. The number of aromatic nitrogens is 4. The van der Waals surface area contributed by atoms with E-state index >= 15 is 0 Å². The Kier molecular flexibility index (Phi) is 4.20. The molecule has 3 heterocycles. The fourth-order valence-corrected chi connectivity index (χ4v) is 3.01. The molecular formula is C18H20N6. The molecular weight excluding hydrogens is 300 g/mol. The first-order chi connectivity index (χ1) is 11.9. The van der Waals surface area contributed by atoms with Crippen LogP contribution < -0.4 is 4.90 Å². The van der Waals surface area contributed by atoms with Gasteiger partial charge in [-0.25, -0.2) is 9.67 Å². The monoisotopic (exact) mass is 320 g/mol. The molecule has 0 unspecified atom stereocenters. The minimum absolute atomic E-state index is 0.932. The van der Waals surface area contributed by atoms with Crippen LogP contribution in [0.3, 0.4) is 0 Å². The third-order valence-electron chi connectivity index (χ3n) is 4.31. The predicted molar refractivity (Wildman–Crippen MR) is 93.1 cm³/mol. The molecule has 0 radical (unpaired) electrons. The van der Waals surface area contributed by atoms with Gasteiger partial charge >= 0.3 is 0 Å². The molecule has 1 aromatic carbocycles. The van der Waals surface area contributed by atoms with E-state index in [2.05, 4.69) is 43.2 Å². The topological polar surface area (TPSA) is 50.1 Å². The summed E-state index contributed by atoms with van der Waals surface area (Å²) in [7, 11) is 0. The van der Waals surface area contributed by atoms with Crippen LogP contribution in [0.15, 0.2) is 61.3 Å². The van der Waals surface area contributed by atoms with Crippen molar-refractivity contribution in [1.29, 1.82) is 0 Å². The van der Waals surface area contributed by atoms with Crippen LogP contribution in [0.1, 0.15) is 5.56 Å². The number of rotatable bonds is 4. The van der Waals surface area contributed by atoms with E-state index < -0.39 is 0 Å². The highest BCUT2D eigenvalue weighted by molar-refractivity contribution is 5.35. The zero-order chi connectivity index (χ0) is 16.2. The van der Waals surface area contributed by atoms with Gasteiger partial charge in [0.25, 0.3) is 0 Å². The molecule has 122 valence electrons. The van der Waals surface area contributed by atoms with Gasteiger partial charge in [0.1, 0.15) is 5.82 Å². The lowest BCUT2D eigenvalue weighted by atomic mass is 10.2. The first kappa shape index (κ1) is 14.8. The quantitative estimate of drug-likeness (QED) is 0.736. The van der Waals surface area contributed by atoms with Crippen LogP contribution in [0.4, 0.5) is 5.82 Å². The molecule has 1 aliphatic rings. The molecule has 1 fully saturated rings. The summed E-state index contributed by atoms with van der Waals surface area (Å²) in [5.74, 6) is 0.967. The maximum atomic E-state index is 4.48. The van der Waals surface area contributed by atoms with Gasteiger partial charge in [-0.2, -0.15) is 5.10 Å². The fraction of sp³-hybridized carbons (Fsp3) is 0.278. The van der Waals surface area contributed by atoms with E-state index in [4.69, 9.17) is 0 Å². The van der Waals surface area contributed by atoms with Crippen molar-refractivity contribution in [1.82, 2.24) is 24.6 Å². The van der Waals surface area contributed by atoms with Crippen molar-refractivity contribution < 1.29 is 0 Å². The second-order valence-corrected chi connectivity index (χ2v) is 5.96. The van der Waals surface area contributed by atoms with Crippen molar-refractivity contribution in [3.05, 3.63) is 66.9 Å². The van der Waals surface area contributed by atoms with Gasteiger partial charge in [-0.3, -0.25) is 9.88 Å². The van der Waals surface area contributed by atoms with Gasteiger partial charge < -0.3 is 4.90 Å². The highest BCUT2D eigenvalue weighted by Crippen LogP contribution is 2.14. The average molecular weight is 320 g/mol. The molecule has 2 aromatic heterocycles. The molecule has 0 atom stereocenters. The normalized spacial score (nSPS) is 15.6. The van der Waals surface area contributed by atoms with Crippen LogP contribution >= 0.6 is 0 Å². The number of hydrogen-bond donors (Lipinski definition) is 0. The molecule has 0 aliphatic carbocycles. The summed E-state index contributed by atoms with van der Waals surface area (Å²) in [6.07, 6.45) is 9.37. The molecule has 0 amide bonds. The smallest absolute Gasteiger partial charge is 0.147 e. The van der Waals surface area contributed by atoms with Gasteiger partial charge in [0.2, 0.25) is 0 Å². The van der Waals surface area contributed by atoms with E-state index in [1.54, 1.807) is 12.4 Å². The summed E-state index contributed by atoms with van der Waals surface area (Å²) >= 11 is 0. The Morgan fingerprint density at radius 1 is 0.917 bits per heavy atom. The third kappa shape index (κ3) is 3.28. The number of anilines is 1. The summed E-state index contributed by atoms with van der Waals surface area (Å²) in [5.41, 5.74) is 2.34. The number of benzene rings is 1. The summed E-state index contributed by atoms with van der Waals surface area (Å²) < 4.78 is 1.94. The van der Waals surface area contributed by atoms with Crippen LogP contribution in [0.5, 0.6) is 0 Å². The number of piperazine rings is 1. The maximum absolute atomic E-state index is 4.48. The van der Waals surface area contributed by atoms with E-state index in [0.29, 0.717) is 0 Å². The first-order valence-corrected chi connectivity index (χ1v) is 8.21. The number of nitrogens with zero attached hydrogens (tertiary/aromatic N) is 6. The van der Waals surface area contributed by atoms with Crippen LogP contribution in [-0.2, 0) is 6.54 Å².